The smallest absolute Gasteiger partial charge is 0.130 e. The van der Waals surface area contributed by atoms with E-state index in [-0.39, 0.29) is 5.56 Å². The predicted molar refractivity (Wildman–Crippen MR) is 75.3 cm³/mol. The van der Waals surface area contributed by atoms with Gasteiger partial charge in [-0.05, 0) is 37.2 Å². The molecule has 1 aromatic carbocycles. The van der Waals surface area contributed by atoms with Crippen LogP contribution in [0.25, 0.3) is 0 Å². The molecular formula is C16H18F2N2. The van der Waals surface area contributed by atoms with Crippen LogP contribution in [0.4, 0.5) is 8.78 Å². The highest BCUT2D eigenvalue weighted by Crippen LogP contribution is 2.23. The maximum absolute atomic E-state index is 13.9. The van der Waals surface area contributed by atoms with Gasteiger partial charge < -0.3 is 5.32 Å². The molecule has 2 nitrogen and oxygen atoms in total. The summed E-state index contributed by atoms with van der Waals surface area (Å²) in [5.74, 6) is -1.04. The first-order chi connectivity index (χ1) is 9.72. The summed E-state index contributed by atoms with van der Waals surface area (Å²) >= 11 is 0. The molecule has 0 amide bonds. The summed E-state index contributed by atoms with van der Waals surface area (Å²) in [4.78, 5) is 4.23. The first kappa shape index (κ1) is 14.6. The Hall–Kier alpha value is -1.81. The van der Waals surface area contributed by atoms with Crippen LogP contribution < -0.4 is 5.32 Å². The maximum atomic E-state index is 13.9. The summed E-state index contributed by atoms with van der Waals surface area (Å²) in [5, 5.41) is 3.20. The quantitative estimate of drug-likeness (QED) is 0.871. The first-order valence-electron chi connectivity index (χ1n) is 6.79. The zero-order valence-electron chi connectivity index (χ0n) is 11.4. The predicted octanol–water partition coefficient (Wildman–Crippen LogP) is 3.64. The third kappa shape index (κ3) is 3.61. The van der Waals surface area contributed by atoms with Crippen LogP contribution in [0, 0.1) is 11.6 Å². The van der Waals surface area contributed by atoms with Crippen molar-refractivity contribution in [2.75, 3.05) is 6.54 Å². The normalized spacial score (nSPS) is 12.3. The molecule has 2 rings (SSSR count). The molecule has 0 spiro atoms. The number of pyridine rings is 1. The molecule has 1 atom stereocenters. The van der Waals surface area contributed by atoms with E-state index in [9.17, 15) is 8.78 Å². The summed E-state index contributed by atoms with van der Waals surface area (Å²) in [7, 11) is 0. The fraction of sp³-hybridized carbons (Fsp3) is 0.312. The van der Waals surface area contributed by atoms with E-state index in [0.717, 1.165) is 12.1 Å². The molecule has 1 heterocycles. The van der Waals surface area contributed by atoms with Crippen molar-refractivity contribution in [1.82, 2.24) is 10.3 Å². The average molecular weight is 276 g/mol. The Morgan fingerprint density at radius 2 is 1.85 bits per heavy atom. The zero-order chi connectivity index (χ0) is 14.4. The Bertz CT molecular complexity index is 523. The van der Waals surface area contributed by atoms with Gasteiger partial charge in [0.15, 0.2) is 0 Å². The van der Waals surface area contributed by atoms with Gasteiger partial charge in [0.2, 0.25) is 0 Å². The molecule has 0 saturated heterocycles. The molecule has 0 aliphatic rings. The minimum Gasteiger partial charge on any atom is -0.309 e. The van der Waals surface area contributed by atoms with Gasteiger partial charge in [0.1, 0.15) is 11.6 Å². The van der Waals surface area contributed by atoms with Crippen molar-refractivity contribution in [3.8, 4) is 0 Å². The highest BCUT2D eigenvalue weighted by atomic mass is 19.1. The van der Waals surface area contributed by atoms with Crippen LogP contribution in [0.5, 0.6) is 0 Å². The molecule has 1 unspecified atom stereocenters. The van der Waals surface area contributed by atoms with Gasteiger partial charge in [-0.1, -0.05) is 19.1 Å². The van der Waals surface area contributed by atoms with Crippen molar-refractivity contribution in [3.05, 3.63) is 65.5 Å². The van der Waals surface area contributed by atoms with Crippen molar-refractivity contribution in [1.29, 1.82) is 0 Å². The highest BCUT2D eigenvalue weighted by Gasteiger charge is 2.20. The Balaban J connectivity index is 2.27. The highest BCUT2D eigenvalue weighted by molar-refractivity contribution is 5.25. The Kier molecular flexibility index (Phi) is 5.18. The molecule has 0 fully saturated rings. The Labute approximate surface area is 117 Å². The van der Waals surface area contributed by atoms with Gasteiger partial charge in [-0.15, -0.1) is 0 Å². The SMILES string of the molecule is CCCNC(Cc1ccccn1)c1c(F)cccc1F. The van der Waals surface area contributed by atoms with E-state index in [0.29, 0.717) is 13.0 Å². The average Bonchev–Trinajstić information content (AvgIpc) is 2.45. The van der Waals surface area contributed by atoms with Gasteiger partial charge in [0.05, 0.1) is 0 Å². The van der Waals surface area contributed by atoms with E-state index in [1.807, 2.05) is 25.1 Å². The largest absolute Gasteiger partial charge is 0.309 e. The van der Waals surface area contributed by atoms with Gasteiger partial charge in [-0.2, -0.15) is 0 Å². The van der Waals surface area contributed by atoms with Gasteiger partial charge in [-0.3, -0.25) is 4.98 Å². The van der Waals surface area contributed by atoms with Gasteiger partial charge in [0.25, 0.3) is 0 Å². The second-order valence-electron chi connectivity index (χ2n) is 4.67. The lowest BCUT2D eigenvalue weighted by molar-refractivity contribution is 0.462. The number of benzene rings is 1. The molecule has 0 aliphatic heterocycles. The molecule has 0 saturated carbocycles. The second-order valence-corrected chi connectivity index (χ2v) is 4.67. The van der Waals surface area contributed by atoms with Gasteiger partial charge in [0, 0.05) is 29.9 Å². The van der Waals surface area contributed by atoms with E-state index in [1.54, 1.807) is 6.20 Å². The summed E-state index contributed by atoms with van der Waals surface area (Å²) in [6.07, 6.45) is 3.04. The second kappa shape index (κ2) is 7.10. The molecule has 20 heavy (non-hydrogen) atoms. The molecule has 0 bridgehead atoms. The minimum absolute atomic E-state index is 0.0894. The summed E-state index contributed by atoms with van der Waals surface area (Å²) < 4.78 is 27.9. The molecule has 1 N–H and O–H groups in total. The monoisotopic (exact) mass is 276 g/mol. The van der Waals surface area contributed by atoms with Crippen LogP contribution in [-0.2, 0) is 6.42 Å². The number of hydrogen-bond donors (Lipinski definition) is 1. The Morgan fingerprint density at radius 3 is 2.45 bits per heavy atom. The molecule has 4 heteroatoms. The topological polar surface area (TPSA) is 24.9 Å². The molecule has 2 aromatic rings. The van der Waals surface area contributed by atoms with Crippen molar-refractivity contribution in [2.45, 2.75) is 25.8 Å². The fourth-order valence-corrected chi connectivity index (χ4v) is 2.17. The van der Waals surface area contributed by atoms with Gasteiger partial charge in [-0.25, -0.2) is 8.78 Å². The standard InChI is InChI=1S/C16H18F2N2/c1-2-9-20-15(11-12-6-3-4-10-19-12)16-13(17)7-5-8-14(16)18/h3-8,10,15,20H,2,9,11H2,1H3. The van der Waals surface area contributed by atoms with E-state index in [4.69, 9.17) is 0 Å². The number of aromatic nitrogens is 1. The van der Waals surface area contributed by atoms with E-state index >= 15 is 0 Å². The van der Waals surface area contributed by atoms with Crippen LogP contribution in [0.15, 0.2) is 42.6 Å². The van der Waals surface area contributed by atoms with Crippen LogP contribution in [0.2, 0.25) is 0 Å². The number of halogens is 2. The van der Waals surface area contributed by atoms with Crippen LogP contribution in [0.1, 0.15) is 30.6 Å². The first-order valence-corrected chi connectivity index (χ1v) is 6.79. The van der Waals surface area contributed by atoms with Crippen molar-refractivity contribution in [2.24, 2.45) is 0 Å². The van der Waals surface area contributed by atoms with Gasteiger partial charge >= 0.3 is 0 Å². The van der Waals surface area contributed by atoms with Crippen molar-refractivity contribution >= 4 is 0 Å². The Morgan fingerprint density at radius 1 is 1.10 bits per heavy atom. The van der Waals surface area contributed by atoms with E-state index < -0.39 is 17.7 Å². The van der Waals surface area contributed by atoms with Crippen LogP contribution in [0.3, 0.4) is 0 Å². The molecular weight excluding hydrogens is 258 g/mol. The lowest BCUT2D eigenvalue weighted by Gasteiger charge is -2.20. The third-order valence-electron chi connectivity index (χ3n) is 3.13. The lowest BCUT2D eigenvalue weighted by Crippen LogP contribution is -2.26. The number of nitrogens with zero attached hydrogens (tertiary/aromatic N) is 1. The summed E-state index contributed by atoms with van der Waals surface area (Å²) in [5.41, 5.74) is 0.898. The van der Waals surface area contributed by atoms with Crippen LogP contribution >= 0.6 is 0 Å². The minimum atomic E-state index is -0.519. The maximum Gasteiger partial charge on any atom is 0.130 e. The van der Waals surface area contributed by atoms with E-state index in [1.165, 1.54) is 18.2 Å². The third-order valence-corrected chi connectivity index (χ3v) is 3.13. The van der Waals surface area contributed by atoms with Crippen LogP contribution in [-0.4, -0.2) is 11.5 Å². The molecule has 0 radical (unpaired) electrons. The van der Waals surface area contributed by atoms with Crippen molar-refractivity contribution in [3.63, 3.8) is 0 Å². The van der Waals surface area contributed by atoms with Crippen molar-refractivity contribution < 1.29 is 8.78 Å². The number of hydrogen-bond acceptors (Lipinski definition) is 2. The summed E-state index contributed by atoms with van der Waals surface area (Å²) in [6.45, 7) is 2.72. The summed E-state index contributed by atoms with van der Waals surface area (Å²) in [6, 6.07) is 9.10. The van der Waals surface area contributed by atoms with E-state index in [2.05, 4.69) is 10.3 Å². The molecule has 106 valence electrons. The number of rotatable bonds is 6. The molecule has 0 aliphatic carbocycles. The fourth-order valence-electron chi connectivity index (χ4n) is 2.17. The lowest BCUT2D eigenvalue weighted by atomic mass is 10.00. The molecule has 1 aromatic heterocycles. The number of nitrogens with one attached hydrogen (secondary N) is 1. The zero-order valence-corrected chi connectivity index (χ0v) is 11.4.